The Hall–Kier alpha value is -1.56. The maximum atomic E-state index is 12.7. The zero-order chi connectivity index (χ0) is 13.6. The third-order valence-corrected chi connectivity index (χ3v) is 2.01. The maximum absolute atomic E-state index is 12.7. The highest BCUT2D eigenvalue weighted by molar-refractivity contribution is 5.51. The van der Waals surface area contributed by atoms with E-state index in [0.29, 0.717) is 18.5 Å². The summed E-state index contributed by atoms with van der Waals surface area (Å²) < 4.78 is 53.2. The average Bonchev–Trinajstić information content (AvgIpc) is 2.29. The molecule has 100 valence electrons. The number of ether oxygens (including phenoxy) is 1. The van der Waals surface area contributed by atoms with Crippen LogP contribution < -0.4 is 10.5 Å². The normalized spacial score (nSPS) is 12.3. The van der Waals surface area contributed by atoms with E-state index in [9.17, 15) is 17.6 Å². The summed E-state index contributed by atoms with van der Waals surface area (Å²) in [4.78, 5) is 0. The molecule has 0 bridgehead atoms. The summed E-state index contributed by atoms with van der Waals surface area (Å²) in [5.41, 5.74) is 5.86. The summed E-state index contributed by atoms with van der Waals surface area (Å²) >= 11 is 0. The van der Waals surface area contributed by atoms with Crippen LogP contribution in [0.5, 0.6) is 5.75 Å². The maximum Gasteiger partial charge on any atom is 0.461 e. The van der Waals surface area contributed by atoms with Crippen molar-refractivity contribution in [3.8, 4) is 5.75 Å². The van der Waals surface area contributed by atoms with Gasteiger partial charge >= 0.3 is 12.5 Å². The van der Waals surface area contributed by atoms with Crippen LogP contribution >= 0.6 is 0 Å². The molecule has 6 heteroatoms. The number of benzene rings is 1. The lowest BCUT2D eigenvalue weighted by Crippen LogP contribution is -2.33. The van der Waals surface area contributed by atoms with E-state index in [2.05, 4.69) is 4.74 Å². The fourth-order valence-corrected chi connectivity index (χ4v) is 1.20. The van der Waals surface area contributed by atoms with Crippen LogP contribution in [0, 0.1) is 0 Å². The number of nitrogens with two attached hydrogens (primary N) is 1. The minimum absolute atomic E-state index is 0.310. The van der Waals surface area contributed by atoms with Crippen LogP contribution in [0.3, 0.4) is 0 Å². The summed E-state index contributed by atoms with van der Waals surface area (Å²) in [6.07, 6.45) is -4.31. The first-order valence-corrected chi connectivity index (χ1v) is 5.27. The van der Waals surface area contributed by atoms with Gasteiger partial charge in [0, 0.05) is 0 Å². The van der Waals surface area contributed by atoms with E-state index in [4.69, 9.17) is 5.73 Å². The molecule has 0 radical (unpaired) electrons. The molecule has 0 atom stereocenters. The Kier molecular flexibility index (Phi) is 5.15. The number of hydrogen-bond acceptors (Lipinski definition) is 2. The molecule has 18 heavy (non-hydrogen) atoms. The predicted molar refractivity (Wildman–Crippen MR) is 60.7 cm³/mol. The highest BCUT2D eigenvalue weighted by Gasteiger charge is 2.43. The number of rotatable bonds is 6. The largest absolute Gasteiger partial charge is 0.461 e. The molecule has 0 spiro atoms. The van der Waals surface area contributed by atoms with E-state index in [0.717, 1.165) is 0 Å². The van der Waals surface area contributed by atoms with Crippen molar-refractivity contribution in [3.05, 3.63) is 35.9 Å². The van der Waals surface area contributed by atoms with Gasteiger partial charge in [-0.1, -0.05) is 24.3 Å². The van der Waals surface area contributed by atoms with Gasteiger partial charge in [-0.3, -0.25) is 0 Å². The fraction of sp³-hybridized carbons (Fsp3) is 0.333. The van der Waals surface area contributed by atoms with Gasteiger partial charge in [0.1, 0.15) is 5.75 Å². The van der Waals surface area contributed by atoms with Gasteiger partial charge in [0.2, 0.25) is 0 Å². The van der Waals surface area contributed by atoms with Gasteiger partial charge in [0.05, 0.1) is 0 Å². The molecule has 1 aromatic carbocycles. The topological polar surface area (TPSA) is 35.2 Å². The third kappa shape index (κ3) is 4.37. The van der Waals surface area contributed by atoms with E-state index in [1.54, 1.807) is 18.2 Å². The molecule has 2 nitrogen and oxygen atoms in total. The Morgan fingerprint density at radius 3 is 2.67 bits per heavy atom. The Labute approximate surface area is 102 Å². The third-order valence-electron chi connectivity index (χ3n) is 2.01. The molecular weight excluding hydrogens is 250 g/mol. The van der Waals surface area contributed by atoms with Gasteiger partial charge in [0.15, 0.2) is 0 Å². The molecule has 0 amide bonds. The van der Waals surface area contributed by atoms with Gasteiger partial charge in [-0.2, -0.15) is 17.6 Å². The number of alkyl halides is 4. The lowest BCUT2D eigenvalue weighted by molar-refractivity contribution is -0.253. The molecule has 0 saturated carbocycles. The summed E-state index contributed by atoms with van der Waals surface area (Å²) in [7, 11) is 0. The molecule has 0 fully saturated rings. The lowest BCUT2D eigenvalue weighted by atomic mass is 10.2. The molecule has 0 aromatic heterocycles. The molecule has 1 aromatic rings. The van der Waals surface area contributed by atoms with E-state index < -0.39 is 12.5 Å². The van der Waals surface area contributed by atoms with Crippen LogP contribution in [0.25, 0.3) is 6.08 Å². The van der Waals surface area contributed by atoms with Gasteiger partial charge in [-0.15, -0.1) is 0 Å². The first kappa shape index (κ1) is 14.5. The van der Waals surface area contributed by atoms with Crippen molar-refractivity contribution >= 4 is 6.08 Å². The van der Waals surface area contributed by atoms with Crippen molar-refractivity contribution in [2.75, 3.05) is 6.54 Å². The van der Waals surface area contributed by atoms with Gasteiger partial charge in [-0.25, -0.2) is 0 Å². The van der Waals surface area contributed by atoms with Gasteiger partial charge in [0.25, 0.3) is 0 Å². The van der Waals surface area contributed by atoms with Crippen LogP contribution in [0.1, 0.15) is 12.0 Å². The SMILES string of the molecule is NCCC=Cc1cccc(OC(F)(F)C(F)F)c1. The fourth-order valence-electron chi connectivity index (χ4n) is 1.20. The minimum Gasteiger partial charge on any atom is -0.428 e. The Morgan fingerprint density at radius 2 is 2.06 bits per heavy atom. The van der Waals surface area contributed by atoms with E-state index >= 15 is 0 Å². The van der Waals surface area contributed by atoms with Crippen molar-refractivity contribution in [2.24, 2.45) is 5.73 Å². The van der Waals surface area contributed by atoms with Crippen molar-refractivity contribution in [2.45, 2.75) is 19.0 Å². The predicted octanol–water partition coefficient (Wildman–Crippen LogP) is 3.29. The molecule has 0 saturated heterocycles. The molecule has 0 unspecified atom stereocenters. The van der Waals surface area contributed by atoms with Crippen LogP contribution in [-0.4, -0.2) is 19.1 Å². The monoisotopic (exact) mass is 263 g/mol. The lowest BCUT2D eigenvalue weighted by Gasteiger charge is -2.16. The Morgan fingerprint density at radius 1 is 1.33 bits per heavy atom. The second kappa shape index (κ2) is 6.39. The van der Waals surface area contributed by atoms with Crippen LogP contribution in [-0.2, 0) is 0 Å². The van der Waals surface area contributed by atoms with Crippen molar-refractivity contribution in [3.63, 3.8) is 0 Å². The number of halogens is 4. The van der Waals surface area contributed by atoms with Crippen molar-refractivity contribution in [1.29, 1.82) is 0 Å². The Bertz CT molecular complexity index is 407. The zero-order valence-corrected chi connectivity index (χ0v) is 9.45. The molecule has 0 aliphatic heterocycles. The molecule has 0 heterocycles. The molecular formula is C12H13F4NO. The smallest absolute Gasteiger partial charge is 0.428 e. The summed E-state index contributed by atoms with van der Waals surface area (Å²) in [5, 5.41) is 0. The van der Waals surface area contributed by atoms with E-state index in [1.165, 1.54) is 18.2 Å². The Balaban J connectivity index is 2.76. The zero-order valence-electron chi connectivity index (χ0n) is 9.45. The second-order valence-corrected chi connectivity index (χ2v) is 3.52. The summed E-state index contributed by atoms with van der Waals surface area (Å²) in [6, 6.07) is 5.53. The highest BCUT2D eigenvalue weighted by atomic mass is 19.3. The van der Waals surface area contributed by atoms with Crippen LogP contribution in [0.15, 0.2) is 30.3 Å². The quantitative estimate of drug-likeness (QED) is 0.799. The first-order valence-electron chi connectivity index (χ1n) is 5.27. The first-order chi connectivity index (χ1) is 8.45. The van der Waals surface area contributed by atoms with Gasteiger partial charge < -0.3 is 10.5 Å². The molecule has 2 N–H and O–H groups in total. The summed E-state index contributed by atoms with van der Waals surface area (Å²) in [5.74, 6) is -0.310. The number of hydrogen-bond donors (Lipinski definition) is 1. The highest BCUT2D eigenvalue weighted by Crippen LogP contribution is 2.28. The molecule has 0 aliphatic rings. The molecule has 0 aliphatic carbocycles. The van der Waals surface area contributed by atoms with Crippen molar-refractivity contribution in [1.82, 2.24) is 0 Å². The van der Waals surface area contributed by atoms with Crippen LogP contribution in [0.2, 0.25) is 0 Å². The molecule has 1 rings (SSSR count). The van der Waals surface area contributed by atoms with E-state index in [-0.39, 0.29) is 5.75 Å². The summed E-state index contributed by atoms with van der Waals surface area (Å²) in [6.45, 7) is 0.468. The average molecular weight is 263 g/mol. The van der Waals surface area contributed by atoms with Crippen molar-refractivity contribution < 1.29 is 22.3 Å². The standard InChI is InChI=1S/C12H13F4NO/c13-11(14)12(15,16)18-10-6-3-5-9(8-10)4-1-2-7-17/h1,3-6,8,11H,2,7,17H2. The van der Waals surface area contributed by atoms with Gasteiger partial charge in [-0.05, 0) is 30.7 Å². The van der Waals surface area contributed by atoms with E-state index in [1.807, 2.05) is 0 Å². The minimum atomic E-state index is -4.49. The second-order valence-electron chi connectivity index (χ2n) is 3.52. The van der Waals surface area contributed by atoms with Crippen LogP contribution in [0.4, 0.5) is 17.6 Å².